The lowest BCUT2D eigenvalue weighted by molar-refractivity contribution is 0.571. The fourth-order valence-electron chi connectivity index (χ4n) is 2.68. The average molecular weight is 342 g/mol. The van der Waals surface area contributed by atoms with Crippen LogP contribution in [0.5, 0.6) is 0 Å². The quantitative estimate of drug-likeness (QED) is 0.567. The highest BCUT2D eigenvalue weighted by Gasteiger charge is 2.25. The van der Waals surface area contributed by atoms with Crippen LogP contribution in [0.15, 0.2) is 30.3 Å². The van der Waals surface area contributed by atoms with Crippen LogP contribution >= 0.6 is 0 Å². The molecule has 0 saturated heterocycles. The molecule has 3 heteroatoms. The number of hydrogen-bond donors (Lipinski definition) is 3. The van der Waals surface area contributed by atoms with Crippen molar-refractivity contribution in [2.75, 3.05) is 17.2 Å². The van der Waals surface area contributed by atoms with Gasteiger partial charge in [-0.2, -0.15) is 0 Å². The zero-order valence-corrected chi connectivity index (χ0v) is 17.1. The minimum atomic E-state index is 0.0442. The number of anilines is 3. The van der Waals surface area contributed by atoms with Crippen molar-refractivity contribution in [3.63, 3.8) is 0 Å². The first kappa shape index (κ1) is 20.9. The molecule has 3 nitrogen and oxygen atoms in total. The van der Waals surface area contributed by atoms with E-state index >= 15 is 0 Å². The Labute approximate surface area is 153 Å². The van der Waals surface area contributed by atoms with Crippen molar-refractivity contribution in [3.8, 4) is 0 Å². The molecule has 0 radical (unpaired) electrons. The summed E-state index contributed by atoms with van der Waals surface area (Å²) in [7, 11) is 0. The number of nitrogens with two attached hydrogens (primary N) is 3. The second-order valence-electron chi connectivity index (χ2n) is 8.78. The molecule has 0 heterocycles. The van der Waals surface area contributed by atoms with Crippen molar-refractivity contribution >= 4 is 17.1 Å². The monoisotopic (exact) mass is 341 g/mol. The van der Waals surface area contributed by atoms with Gasteiger partial charge in [0.2, 0.25) is 0 Å². The van der Waals surface area contributed by atoms with Gasteiger partial charge in [-0.15, -0.1) is 0 Å². The molecule has 0 saturated carbocycles. The summed E-state index contributed by atoms with van der Waals surface area (Å²) in [5.74, 6) is 0. The fraction of sp³-hybridized carbons (Fsp3) is 0.455. The molecule has 0 fully saturated rings. The maximum Gasteiger partial charge on any atom is 0.0402 e. The Balaban J connectivity index is 0.000000324. The molecule has 0 aliphatic carbocycles. The minimum Gasteiger partial charge on any atom is -0.399 e. The van der Waals surface area contributed by atoms with Gasteiger partial charge in [0.25, 0.3) is 0 Å². The van der Waals surface area contributed by atoms with Gasteiger partial charge in [-0.3, -0.25) is 0 Å². The lowest BCUT2D eigenvalue weighted by Gasteiger charge is -2.29. The predicted molar refractivity (Wildman–Crippen MR) is 113 cm³/mol. The molecule has 0 amide bonds. The van der Waals surface area contributed by atoms with Crippen LogP contribution in [0.25, 0.3) is 0 Å². The Morgan fingerprint density at radius 3 is 1.36 bits per heavy atom. The molecule has 138 valence electrons. The highest BCUT2D eigenvalue weighted by Crippen LogP contribution is 2.39. The van der Waals surface area contributed by atoms with E-state index in [1.807, 2.05) is 38.1 Å². The zero-order chi connectivity index (χ0) is 19.6. The van der Waals surface area contributed by atoms with Crippen molar-refractivity contribution in [2.24, 2.45) is 0 Å². The van der Waals surface area contributed by atoms with Crippen molar-refractivity contribution in [3.05, 3.63) is 52.6 Å². The average Bonchev–Trinajstić information content (AvgIpc) is 2.46. The van der Waals surface area contributed by atoms with Crippen LogP contribution in [0.4, 0.5) is 17.1 Å². The Bertz CT molecular complexity index is 673. The lowest BCUT2D eigenvalue weighted by Crippen LogP contribution is -2.21. The number of hydrogen-bond acceptors (Lipinski definition) is 3. The van der Waals surface area contributed by atoms with Gasteiger partial charge in [-0.25, -0.2) is 0 Å². The Morgan fingerprint density at radius 2 is 1.08 bits per heavy atom. The molecule has 0 aliphatic rings. The Kier molecular flexibility index (Phi) is 6.17. The summed E-state index contributed by atoms with van der Waals surface area (Å²) >= 11 is 0. The van der Waals surface area contributed by atoms with Crippen LogP contribution < -0.4 is 17.2 Å². The van der Waals surface area contributed by atoms with Crippen LogP contribution in [0.3, 0.4) is 0 Å². The third-order valence-corrected chi connectivity index (χ3v) is 4.48. The summed E-state index contributed by atoms with van der Waals surface area (Å²) in [4.78, 5) is 0. The summed E-state index contributed by atoms with van der Waals surface area (Å²) in [5, 5.41) is 0. The summed E-state index contributed by atoms with van der Waals surface area (Å²) in [6.45, 7) is 17.1. The second-order valence-corrected chi connectivity index (χ2v) is 8.78. The SMILES string of the molecule is Cc1c(N)c(C(C)(C)C)cc(C(C)(C)C)c1N.Cc1ccccc1N. The van der Waals surface area contributed by atoms with Gasteiger partial charge in [0.1, 0.15) is 0 Å². The van der Waals surface area contributed by atoms with E-state index in [4.69, 9.17) is 17.2 Å². The largest absolute Gasteiger partial charge is 0.399 e. The zero-order valence-electron chi connectivity index (χ0n) is 17.1. The second kappa shape index (κ2) is 7.38. The van der Waals surface area contributed by atoms with E-state index in [2.05, 4.69) is 47.6 Å². The van der Waals surface area contributed by atoms with Crippen LogP contribution in [-0.4, -0.2) is 0 Å². The predicted octanol–water partition coefficient (Wildman–Crippen LogP) is 5.33. The van der Waals surface area contributed by atoms with E-state index in [1.165, 1.54) is 11.1 Å². The molecule has 0 spiro atoms. The Hall–Kier alpha value is -2.16. The molecule has 0 aliphatic heterocycles. The molecule has 2 rings (SSSR count). The van der Waals surface area contributed by atoms with Gasteiger partial charge >= 0.3 is 0 Å². The summed E-state index contributed by atoms with van der Waals surface area (Å²) < 4.78 is 0. The van der Waals surface area contributed by atoms with Gasteiger partial charge in [0, 0.05) is 17.1 Å². The minimum absolute atomic E-state index is 0.0442. The molecule has 0 unspecified atom stereocenters. The smallest absolute Gasteiger partial charge is 0.0402 e. The summed E-state index contributed by atoms with van der Waals surface area (Å²) in [5.41, 5.74) is 25.1. The van der Waals surface area contributed by atoms with E-state index in [-0.39, 0.29) is 10.8 Å². The molecular weight excluding hydrogens is 306 g/mol. The third-order valence-electron chi connectivity index (χ3n) is 4.48. The summed E-state index contributed by atoms with van der Waals surface area (Å²) in [6, 6.07) is 9.98. The normalized spacial score (nSPS) is 11.7. The molecule has 2 aromatic rings. The van der Waals surface area contributed by atoms with Crippen LogP contribution in [0, 0.1) is 13.8 Å². The highest BCUT2D eigenvalue weighted by molar-refractivity contribution is 5.71. The molecule has 6 N–H and O–H groups in total. The first-order valence-electron chi connectivity index (χ1n) is 8.77. The van der Waals surface area contributed by atoms with Gasteiger partial charge in [-0.1, -0.05) is 65.8 Å². The van der Waals surface area contributed by atoms with E-state index < -0.39 is 0 Å². The lowest BCUT2D eigenvalue weighted by atomic mass is 9.77. The van der Waals surface area contributed by atoms with E-state index in [0.29, 0.717) is 0 Å². The maximum absolute atomic E-state index is 6.20. The molecule has 0 bridgehead atoms. The van der Waals surface area contributed by atoms with Gasteiger partial charge in [-0.05, 0) is 53.0 Å². The Morgan fingerprint density at radius 1 is 0.680 bits per heavy atom. The first-order valence-corrected chi connectivity index (χ1v) is 8.77. The van der Waals surface area contributed by atoms with Crippen molar-refractivity contribution < 1.29 is 0 Å². The number of aryl methyl sites for hydroxylation is 1. The number of rotatable bonds is 0. The van der Waals surface area contributed by atoms with Gasteiger partial charge in [0.05, 0.1) is 0 Å². The van der Waals surface area contributed by atoms with E-state index in [9.17, 15) is 0 Å². The highest BCUT2D eigenvalue weighted by atomic mass is 14.6. The van der Waals surface area contributed by atoms with Crippen LogP contribution in [0.2, 0.25) is 0 Å². The van der Waals surface area contributed by atoms with Crippen molar-refractivity contribution in [2.45, 2.75) is 66.2 Å². The van der Waals surface area contributed by atoms with Crippen molar-refractivity contribution in [1.29, 1.82) is 0 Å². The third kappa shape index (κ3) is 5.15. The fourth-order valence-corrected chi connectivity index (χ4v) is 2.68. The summed E-state index contributed by atoms with van der Waals surface area (Å²) in [6.07, 6.45) is 0. The number of para-hydroxylation sites is 1. The molecule has 0 atom stereocenters. The number of benzene rings is 2. The van der Waals surface area contributed by atoms with E-state index in [1.54, 1.807) is 0 Å². The van der Waals surface area contributed by atoms with Gasteiger partial charge < -0.3 is 17.2 Å². The van der Waals surface area contributed by atoms with E-state index in [0.717, 1.165) is 28.2 Å². The van der Waals surface area contributed by atoms with Crippen molar-refractivity contribution in [1.82, 2.24) is 0 Å². The molecular formula is C22H35N3. The standard InChI is InChI=1S/C15H26N2.C7H9N/c1-9-12(16)10(14(2,3)4)8-11(13(9)17)15(5,6)7;1-6-4-2-3-5-7(6)8/h8H,16-17H2,1-7H3;2-5H,8H2,1H3. The molecule has 2 aromatic carbocycles. The maximum atomic E-state index is 6.20. The number of nitrogen functional groups attached to an aromatic ring is 3. The van der Waals surface area contributed by atoms with Crippen LogP contribution in [-0.2, 0) is 10.8 Å². The van der Waals surface area contributed by atoms with Crippen LogP contribution in [0.1, 0.15) is 63.8 Å². The first-order chi connectivity index (χ1) is 11.3. The topological polar surface area (TPSA) is 78.1 Å². The molecule has 25 heavy (non-hydrogen) atoms. The molecule has 0 aromatic heterocycles. The van der Waals surface area contributed by atoms with Gasteiger partial charge in [0.15, 0.2) is 0 Å².